The van der Waals surface area contributed by atoms with Crippen LogP contribution in [0.4, 0.5) is 10.1 Å². The van der Waals surface area contributed by atoms with Gasteiger partial charge in [-0.3, -0.25) is 4.79 Å². The summed E-state index contributed by atoms with van der Waals surface area (Å²) in [4.78, 5) is 21.4. The minimum atomic E-state index is -0.449. The first kappa shape index (κ1) is 21.6. The number of rotatable bonds is 7. The molecule has 0 bridgehead atoms. The Morgan fingerprint density at radius 2 is 1.84 bits per heavy atom. The molecule has 164 valence electrons. The van der Waals surface area contributed by atoms with Crippen molar-refractivity contribution in [2.75, 3.05) is 19.5 Å². The summed E-state index contributed by atoms with van der Waals surface area (Å²) in [5, 5.41) is 8.12. The van der Waals surface area contributed by atoms with Gasteiger partial charge in [0.15, 0.2) is 17.1 Å². The first-order valence-corrected chi connectivity index (χ1v) is 10.5. The number of nitrogens with zero attached hydrogens (tertiary/aromatic N) is 4. The van der Waals surface area contributed by atoms with E-state index in [9.17, 15) is 9.18 Å². The average Bonchev–Trinajstić information content (AvgIpc) is 3.24. The highest BCUT2D eigenvalue weighted by Gasteiger charge is 2.19. The maximum atomic E-state index is 13.3. The van der Waals surface area contributed by atoms with Crippen molar-refractivity contribution in [3.8, 4) is 17.2 Å². The molecule has 1 unspecified atom stereocenters. The molecule has 2 heterocycles. The zero-order chi connectivity index (χ0) is 22.7. The van der Waals surface area contributed by atoms with E-state index >= 15 is 0 Å². The molecular formula is C22H20FN5O3S. The van der Waals surface area contributed by atoms with Crippen LogP contribution in [-0.2, 0) is 4.79 Å². The Hall–Kier alpha value is -3.66. The lowest BCUT2D eigenvalue weighted by Crippen LogP contribution is -2.22. The van der Waals surface area contributed by atoms with Crippen LogP contribution in [-0.4, -0.2) is 45.1 Å². The number of ether oxygens (including phenoxy) is 2. The van der Waals surface area contributed by atoms with Crippen LogP contribution in [0.15, 0.2) is 60.0 Å². The Labute approximate surface area is 187 Å². The largest absolute Gasteiger partial charge is 0.493 e. The number of methoxy groups -OCH3 is 2. The molecule has 4 aromatic rings. The molecule has 1 atom stereocenters. The van der Waals surface area contributed by atoms with Crippen molar-refractivity contribution in [3.63, 3.8) is 0 Å². The molecule has 0 spiro atoms. The van der Waals surface area contributed by atoms with Crippen molar-refractivity contribution in [1.29, 1.82) is 0 Å². The van der Waals surface area contributed by atoms with Crippen LogP contribution in [0, 0.1) is 5.82 Å². The standard InChI is InChI=1S/C22H20FN5O3S/c1-13(21(29)27-15-6-9-18(30-2)19(10-15)31-3)32-22-17-11-26-28(20(17)24-12-25-22)16-7-4-14(23)5-8-16/h4-13H,1-3H3,(H,27,29). The third-order valence-electron chi connectivity index (χ3n) is 4.71. The van der Waals surface area contributed by atoms with Gasteiger partial charge in [0.1, 0.15) is 17.2 Å². The van der Waals surface area contributed by atoms with Crippen LogP contribution < -0.4 is 14.8 Å². The van der Waals surface area contributed by atoms with E-state index in [-0.39, 0.29) is 11.7 Å². The van der Waals surface area contributed by atoms with Crippen LogP contribution in [0.5, 0.6) is 11.5 Å². The second-order valence-corrected chi connectivity index (χ2v) is 8.10. The smallest absolute Gasteiger partial charge is 0.237 e. The lowest BCUT2D eigenvalue weighted by Gasteiger charge is -2.14. The third kappa shape index (κ3) is 4.35. The molecule has 1 amide bonds. The molecule has 0 fully saturated rings. The summed E-state index contributed by atoms with van der Waals surface area (Å²) in [5.41, 5.74) is 1.84. The van der Waals surface area contributed by atoms with Gasteiger partial charge in [0.25, 0.3) is 0 Å². The fourth-order valence-corrected chi connectivity index (χ4v) is 3.95. The number of nitrogens with one attached hydrogen (secondary N) is 1. The second-order valence-electron chi connectivity index (χ2n) is 6.77. The number of benzene rings is 2. The monoisotopic (exact) mass is 453 g/mol. The molecule has 0 aliphatic carbocycles. The lowest BCUT2D eigenvalue weighted by atomic mass is 10.2. The fraction of sp³-hybridized carbons (Fsp3) is 0.182. The third-order valence-corrected chi connectivity index (χ3v) is 5.83. The molecule has 2 aromatic heterocycles. The highest BCUT2D eigenvalue weighted by molar-refractivity contribution is 8.00. The Balaban J connectivity index is 1.53. The summed E-state index contributed by atoms with van der Waals surface area (Å²) >= 11 is 1.30. The van der Waals surface area contributed by atoms with Gasteiger partial charge < -0.3 is 14.8 Å². The summed E-state index contributed by atoms with van der Waals surface area (Å²) in [6, 6.07) is 11.1. The van der Waals surface area contributed by atoms with Gasteiger partial charge in [-0.15, -0.1) is 0 Å². The molecule has 0 saturated carbocycles. The van der Waals surface area contributed by atoms with Crippen LogP contribution in [0.1, 0.15) is 6.92 Å². The zero-order valence-electron chi connectivity index (χ0n) is 17.6. The second kappa shape index (κ2) is 9.23. The van der Waals surface area contributed by atoms with Crippen LogP contribution in [0.3, 0.4) is 0 Å². The number of amides is 1. The van der Waals surface area contributed by atoms with Gasteiger partial charge in [0, 0.05) is 11.8 Å². The van der Waals surface area contributed by atoms with Crippen molar-refractivity contribution >= 4 is 34.4 Å². The maximum absolute atomic E-state index is 13.3. The molecule has 8 nitrogen and oxygen atoms in total. The molecule has 32 heavy (non-hydrogen) atoms. The quantitative estimate of drug-likeness (QED) is 0.333. The van der Waals surface area contributed by atoms with Gasteiger partial charge >= 0.3 is 0 Å². The number of hydrogen-bond donors (Lipinski definition) is 1. The summed E-state index contributed by atoms with van der Waals surface area (Å²) in [7, 11) is 3.09. The van der Waals surface area contributed by atoms with Gasteiger partial charge in [-0.1, -0.05) is 11.8 Å². The highest BCUT2D eigenvalue weighted by Crippen LogP contribution is 2.32. The Morgan fingerprint density at radius 1 is 1.09 bits per heavy atom. The molecule has 4 rings (SSSR count). The minimum Gasteiger partial charge on any atom is -0.493 e. The highest BCUT2D eigenvalue weighted by atomic mass is 32.2. The molecule has 1 N–H and O–H groups in total. The normalized spacial score (nSPS) is 11.9. The summed E-state index contributed by atoms with van der Waals surface area (Å²) < 4.78 is 25.4. The first-order chi connectivity index (χ1) is 15.5. The van der Waals surface area contributed by atoms with Crippen molar-refractivity contribution in [1.82, 2.24) is 19.7 Å². The van der Waals surface area contributed by atoms with Gasteiger partial charge in [-0.2, -0.15) is 5.10 Å². The molecule has 2 aromatic carbocycles. The SMILES string of the molecule is COc1ccc(NC(=O)C(C)Sc2ncnc3c2cnn3-c2ccc(F)cc2)cc1OC. The first-order valence-electron chi connectivity index (χ1n) is 9.64. The number of thioether (sulfide) groups is 1. The van der Waals surface area contributed by atoms with E-state index in [1.54, 1.807) is 55.2 Å². The molecule has 0 aliphatic rings. The van der Waals surface area contributed by atoms with Crippen molar-refractivity contribution < 1.29 is 18.7 Å². The van der Waals surface area contributed by atoms with Crippen molar-refractivity contribution in [3.05, 3.63) is 60.8 Å². The summed E-state index contributed by atoms with van der Waals surface area (Å²) in [5.74, 6) is 0.580. The fourth-order valence-electron chi connectivity index (χ4n) is 3.07. The molecule has 10 heteroatoms. The van der Waals surface area contributed by atoms with E-state index in [4.69, 9.17) is 9.47 Å². The minimum absolute atomic E-state index is 0.195. The number of fused-ring (bicyclic) bond motifs is 1. The number of carbonyl (C=O) groups is 1. The predicted molar refractivity (Wildman–Crippen MR) is 120 cm³/mol. The zero-order valence-corrected chi connectivity index (χ0v) is 18.4. The van der Waals surface area contributed by atoms with E-state index in [0.29, 0.717) is 38.9 Å². The van der Waals surface area contributed by atoms with E-state index < -0.39 is 5.25 Å². The van der Waals surface area contributed by atoms with Gasteiger partial charge in [0.2, 0.25) is 5.91 Å². The van der Waals surface area contributed by atoms with Crippen LogP contribution in [0.2, 0.25) is 0 Å². The van der Waals surface area contributed by atoms with Crippen LogP contribution >= 0.6 is 11.8 Å². The molecule has 0 saturated heterocycles. The van der Waals surface area contributed by atoms with E-state index in [0.717, 1.165) is 0 Å². The molecule has 0 aliphatic heterocycles. The van der Waals surface area contributed by atoms with E-state index in [1.807, 2.05) is 0 Å². The summed E-state index contributed by atoms with van der Waals surface area (Å²) in [6.45, 7) is 1.79. The van der Waals surface area contributed by atoms with Gasteiger partial charge in [-0.25, -0.2) is 19.0 Å². The number of halogens is 1. The number of anilines is 1. The molecular weight excluding hydrogens is 433 g/mol. The lowest BCUT2D eigenvalue weighted by molar-refractivity contribution is -0.115. The number of hydrogen-bond acceptors (Lipinski definition) is 7. The average molecular weight is 453 g/mol. The Bertz CT molecular complexity index is 1260. The van der Waals surface area contributed by atoms with Crippen molar-refractivity contribution in [2.45, 2.75) is 17.2 Å². The van der Waals surface area contributed by atoms with Crippen molar-refractivity contribution in [2.24, 2.45) is 0 Å². The Morgan fingerprint density at radius 3 is 2.56 bits per heavy atom. The topological polar surface area (TPSA) is 91.2 Å². The van der Waals surface area contributed by atoms with Crippen LogP contribution in [0.25, 0.3) is 16.7 Å². The number of aromatic nitrogens is 4. The van der Waals surface area contributed by atoms with E-state index in [1.165, 1.54) is 37.3 Å². The summed E-state index contributed by atoms with van der Waals surface area (Å²) in [6.07, 6.45) is 3.06. The Kier molecular flexibility index (Phi) is 6.22. The van der Waals surface area contributed by atoms with Gasteiger partial charge in [0.05, 0.1) is 36.7 Å². The predicted octanol–water partition coefficient (Wildman–Crippen LogP) is 4.09. The van der Waals surface area contributed by atoms with Gasteiger partial charge in [-0.05, 0) is 43.3 Å². The maximum Gasteiger partial charge on any atom is 0.237 e. The number of carbonyl (C=O) groups excluding carboxylic acids is 1. The van der Waals surface area contributed by atoms with E-state index in [2.05, 4.69) is 20.4 Å². The molecule has 0 radical (unpaired) electrons.